The van der Waals surface area contributed by atoms with Crippen LogP contribution in [0.4, 0.5) is 5.13 Å². The van der Waals surface area contributed by atoms with Gasteiger partial charge >= 0.3 is 0 Å². The maximum atomic E-state index is 3.94. The molecule has 1 rings (SSSR count). The summed E-state index contributed by atoms with van der Waals surface area (Å²) in [6.45, 7) is 8.90. The summed E-state index contributed by atoms with van der Waals surface area (Å²) >= 11 is 1.54. The van der Waals surface area contributed by atoms with Crippen LogP contribution in [0.15, 0.2) is 5.51 Å². The number of nitrogens with zero attached hydrogens (tertiary/aromatic N) is 2. The zero-order chi connectivity index (χ0) is 9.90. The molecule has 1 aromatic rings. The molecule has 0 bridgehead atoms. The van der Waals surface area contributed by atoms with E-state index in [9.17, 15) is 0 Å². The van der Waals surface area contributed by atoms with Gasteiger partial charge in [-0.1, -0.05) is 32.1 Å². The molecule has 74 valence electrons. The van der Waals surface area contributed by atoms with Crippen LogP contribution in [0.5, 0.6) is 0 Å². The minimum Gasteiger partial charge on any atom is -0.358 e. The maximum absolute atomic E-state index is 3.94. The van der Waals surface area contributed by atoms with E-state index >= 15 is 0 Å². The lowest BCUT2D eigenvalue weighted by Crippen LogP contribution is -2.22. The minimum atomic E-state index is 0.358. The summed E-state index contributed by atoms with van der Waals surface area (Å²) in [4.78, 5) is 0. The summed E-state index contributed by atoms with van der Waals surface area (Å²) < 4.78 is 0. The molecule has 1 aromatic heterocycles. The maximum Gasteiger partial charge on any atom is 0.205 e. The zero-order valence-electron chi connectivity index (χ0n) is 8.66. The first kappa shape index (κ1) is 10.4. The van der Waals surface area contributed by atoms with Crippen LogP contribution in [0.3, 0.4) is 0 Å². The van der Waals surface area contributed by atoms with Crippen LogP contribution >= 0.6 is 11.3 Å². The molecule has 3 nitrogen and oxygen atoms in total. The highest BCUT2D eigenvalue weighted by Crippen LogP contribution is 2.22. The Balaban J connectivity index is 2.38. The van der Waals surface area contributed by atoms with Crippen molar-refractivity contribution in [2.24, 2.45) is 5.41 Å². The minimum absolute atomic E-state index is 0.358. The van der Waals surface area contributed by atoms with E-state index in [1.165, 1.54) is 0 Å². The van der Waals surface area contributed by atoms with Gasteiger partial charge in [-0.3, -0.25) is 0 Å². The Morgan fingerprint density at radius 1 is 1.54 bits per heavy atom. The SMILES string of the molecule is CC(CC(C)(C)C)Nc1nncs1. The lowest BCUT2D eigenvalue weighted by Gasteiger charge is -2.23. The molecule has 0 fully saturated rings. The van der Waals surface area contributed by atoms with Crippen molar-refractivity contribution in [1.82, 2.24) is 10.2 Å². The molecule has 1 N–H and O–H groups in total. The van der Waals surface area contributed by atoms with E-state index in [2.05, 4.69) is 43.2 Å². The van der Waals surface area contributed by atoms with Gasteiger partial charge in [0.15, 0.2) is 0 Å². The fourth-order valence-electron chi connectivity index (χ4n) is 1.42. The van der Waals surface area contributed by atoms with Gasteiger partial charge in [0.1, 0.15) is 5.51 Å². The van der Waals surface area contributed by atoms with E-state index in [0.717, 1.165) is 11.6 Å². The van der Waals surface area contributed by atoms with Gasteiger partial charge in [-0.2, -0.15) is 0 Å². The number of rotatable bonds is 3. The van der Waals surface area contributed by atoms with E-state index in [-0.39, 0.29) is 0 Å². The molecule has 0 aliphatic rings. The monoisotopic (exact) mass is 199 g/mol. The van der Waals surface area contributed by atoms with Gasteiger partial charge in [0.25, 0.3) is 0 Å². The average molecular weight is 199 g/mol. The van der Waals surface area contributed by atoms with E-state index in [1.54, 1.807) is 16.8 Å². The van der Waals surface area contributed by atoms with Crippen LogP contribution in [0.25, 0.3) is 0 Å². The van der Waals surface area contributed by atoms with Crippen molar-refractivity contribution in [1.29, 1.82) is 0 Å². The second kappa shape index (κ2) is 4.05. The van der Waals surface area contributed by atoms with Crippen LogP contribution in [0, 0.1) is 5.41 Å². The number of nitrogens with one attached hydrogen (secondary N) is 1. The van der Waals surface area contributed by atoms with Crippen LogP contribution in [-0.2, 0) is 0 Å². The summed E-state index contributed by atoms with van der Waals surface area (Å²) in [5.74, 6) is 0. The fraction of sp³-hybridized carbons (Fsp3) is 0.778. The van der Waals surface area contributed by atoms with Crippen molar-refractivity contribution in [3.8, 4) is 0 Å². The average Bonchev–Trinajstić information content (AvgIpc) is 2.34. The Hall–Kier alpha value is -0.640. The van der Waals surface area contributed by atoms with Crippen molar-refractivity contribution in [3.63, 3.8) is 0 Å². The molecule has 0 aromatic carbocycles. The smallest absolute Gasteiger partial charge is 0.205 e. The number of hydrogen-bond acceptors (Lipinski definition) is 4. The first-order chi connectivity index (χ1) is 5.97. The summed E-state index contributed by atoms with van der Waals surface area (Å²) in [5.41, 5.74) is 2.10. The molecule has 0 saturated heterocycles. The van der Waals surface area contributed by atoms with Gasteiger partial charge < -0.3 is 5.32 Å². The molecule has 0 saturated carbocycles. The third-order valence-corrected chi connectivity index (χ3v) is 2.27. The Labute approximate surface area is 83.6 Å². The Bertz CT molecular complexity index is 238. The predicted octanol–water partition coefficient (Wildman–Crippen LogP) is 2.77. The number of aromatic nitrogens is 2. The van der Waals surface area contributed by atoms with Gasteiger partial charge in [-0.15, -0.1) is 10.2 Å². The van der Waals surface area contributed by atoms with E-state index < -0.39 is 0 Å². The lowest BCUT2D eigenvalue weighted by molar-refractivity contribution is 0.358. The third-order valence-electron chi connectivity index (χ3n) is 1.65. The van der Waals surface area contributed by atoms with E-state index in [4.69, 9.17) is 0 Å². The Morgan fingerprint density at radius 2 is 2.23 bits per heavy atom. The highest BCUT2D eigenvalue weighted by atomic mass is 32.1. The zero-order valence-corrected chi connectivity index (χ0v) is 9.48. The summed E-state index contributed by atoms with van der Waals surface area (Å²) in [6.07, 6.45) is 1.13. The van der Waals surface area contributed by atoms with Gasteiger partial charge in [0, 0.05) is 6.04 Å². The molecule has 0 aliphatic heterocycles. The first-order valence-electron chi connectivity index (χ1n) is 4.50. The van der Waals surface area contributed by atoms with Crippen molar-refractivity contribution < 1.29 is 0 Å². The third kappa shape index (κ3) is 4.22. The number of anilines is 1. The molecule has 1 atom stereocenters. The Morgan fingerprint density at radius 3 is 2.69 bits per heavy atom. The van der Waals surface area contributed by atoms with Crippen molar-refractivity contribution in [2.45, 2.75) is 40.2 Å². The fourth-order valence-corrected chi connectivity index (χ4v) is 1.97. The van der Waals surface area contributed by atoms with Crippen molar-refractivity contribution in [2.75, 3.05) is 5.32 Å². The van der Waals surface area contributed by atoms with Gasteiger partial charge in [-0.25, -0.2) is 0 Å². The Kier molecular flexibility index (Phi) is 3.25. The number of hydrogen-bond donors (Lipinski definition) is 1. The molecule has 1 unspecified atom stereocenters. The van der Waals surface area contributed by atoms with Gasteiger partial charge in [0.05, 0.1) is 0 Å². The summed E-state index contributed by atoms with van der Waals surface area (Å²) in [5, 5.41) is 12.0. The molecule has 0 amide bonds. The molecular weight excluding hydrogens is 182 g/mol. The quantitative estimate of drug-likeness (QED) is 0.813. The largest absolute Gasteiger partial charge is 0.358 e. The summed E-state index contributed by atoms with van der Waals surface area (Å²) in [6, 6.07) is 0.452. The highest BCUT2D eigenvalue weighted by molar-refractivity contribution is 7.13. The van der Waals surface area contributed by atoms with E-state index in [0.29, 0.717) is 11.5 Å². The molecule has 13 heavy (non-hydrogen) atoms. The van der Waals surface area contributed by atoms with Crippen molar-refractivity contribution in [3.05, 3.63) is 5.51 Å². The van der Waals surface area contributed by atoms with Gasteiger partial charge in [0.2, 0.25) is 5.13 Å². The standard InChI is InChI=1S/C9H17N3S/c1-7(5-9(2,3)4)11-8-12-10-6-13-8/h6-7H,5H2,1-4H3,(H,11,12). The van der Waals surface area contributed by atoms with Crippen LogP contribution in [0.1, 0.15) is 34.1 Å². The predicted molar refractivity (Wildman–Crippen MR) is 57.1 cm³/mol. The highest BCUT2D eigenvalue weighted by Gasteiger charge is 2.15. The van der Waals surface area contributed by atoms with Gasteiger partial charge in [-0.05, 0) is 18.8 Å². The normalized spacial score (nSPS) is 14.2. The second-order valence-electron chi connectivity index (χ2n) is 4.55. The molecule has 0 aliphatic carbocycles. The van der Waals surface area contributed by atoms with Crippen LogP contribution in [-0.4, -0.2) is 16.2 Å². The summed E-state index contributed by atoms with van der Waals surface area (Å²) in [7, 11) is 0. The molecule has 4 heteroatoms. The first-order valence-corrected chi connectivity index (χ1v) is 5.38. The topological polar surface area (TPSA) is 37.8 Å². The lowest BCUT2D eigenvalue weighted by atomic mass is 9.89. The molecule has 1 heterocycles. The van der Waals surface area contributed by atoms with E-state index in [1.807, 2.05) is 0 Å². The molecule has 0 spiro atoms. The van der Waals surface area contributed by atoms with Crippen LogP contribution in [0.2, 0.25) is 0 Å². The van der Waals surface area contributed by atoms with Crippen LogP contribution < -0.4 is 5.32 Å². The molecular formula is C9H17N3S. The van der Waals surface area contributed by atoms with Crippen molar-refractivity contribution >= 4 is 16.5 Å². The second-order valence-corrected chi connectivity index (χ2v) is 5.39. The molecule has 0 radical (unpaired) electrons.